The summed E-state index contributed by atoms with van der Waals surface area (Å²) in [6.45, 7) is 3.21. The standard InChI is InChI=1S/C12H11Cl2NO2/c1-4-12(2,3)17-11(16)15-10-6-5-8(13)7-9(10)14/h1,5-7H,2-3H3,(H,15,16). The zero-order valence-electron chi connectivity index (χ0n) is 9.38. The second kappa shape index (κ2) is 5.31. The second-order valence-corrected chi connectivity index (χ2v) is 4.64. The van der Waals surface area contributed by atoms with E-state index in [9.17, 15) is 4.79 Å². The van der Waals surface area contributed by atoms with Crippen molar-refractivity contribution in [3.63, 3.8) is 0 Å². The number of halogens is 2. The van der Waals surface area contributed by atoms with Gasteiger partial charge in [-0.2, -0.15) is 0 Å². The van der Waals surface area contributed by atoms with Gasteiger partial charge in [0.05, 0.1) is 10.7 Å². The van der Waals surface area contributed by atoms with Crippen molar-refractivity contribution in [2.75, 3.05) is 5.32 Å². The van der Waals surface area contributed by atoms with Gasteiger partial charge < -0.3 is 4.74 Å². The van der Waals surface area contributed by atoms with E-state index in [4.69, 9.17) is 34.4 Å². The molecule has 0 saturated carbocycles. The number of carbonyl (C=O) groups is 1. The molecule has 5 heteroatoms. The van der Waals surface area contributed by atoms with Gasteiger partial charge in [0, 0.05) is 5.02 Å². The fourth-order valence-electron chi connectivity index (χ4n) is 0.988. The van der Waals surface area contributed by atoms with Crippen molar-refractivity contribution in [2.24, 2.45) is 0 Å². The molecule has 1 amide bonds. The number of nitrogens with one attached hydrogen (secondary N) is 1. The maximum atomic E-state index is 11.5. The summed E-state index contributed by atoms with van der Waals surface area (Å²) in [6.07, 6.45) is 4.53. The number of terminal acetylenes is 1. The van der Waals surface area contributed by atoms with Gasteiger partial charge in [-0.05, 0) is 32.0 Å². The Bertz CT molecular complexity index is 478. The maximum absolute atomic E-state index is 11.5. The molecule has 0 saturated heterocycles. The molecule has 0 aliphatic heterocycles. The van der Waals surface area contributed by atoms with Crippen molar-refractivity contribution >= 4 is 35.0 Å². The molecule has 1 rings (SSSR count). The summed E-state index contributed by atoms with van der Waals surface area (Å²) in [5.41, 5.74) is -0.558. The van der Waals surface area contributed by atoms with Crippen LogP contribution in [0.4, 0.5) is 10.5 Å². The highest BCUT2D eigenvalue weighted by Crippen LogP contribution is 2.25. The molecule has 3 nitrogen and oxygen atoms in total. The van der Waals surface area contributed by atoms with Crippen LogP contribution >= 0.6 is 23.2 Å². The quantitative estimate of drug-likeness (QED) is 0.828. The molecule has 0 aromatic heterocycles. The zero-order chi connectivity index (χ0) is 13.1. The molecule has 0 unspecified atom stereocenters. The molecule has 0 atom stereocenters. The summed E-state index contributed by atoms with van der Waals surface area (Å²) in [4.78, 5) is 11.5. The van der Waals surface area contributed by atoms with Crippen LogP contribution in [0.15, 0.2) is 18.2 Å². The van der Waals surface area contributed by atoms with E-state index in [1.165, 1.54) is 6.07 Å². The Labute approximate surface area is 110 Å². The van der Waals surface area contributed by atoms with Crippen molar-refractivity contribution < 1.29 is 9.53 Å². The van der Waals surface area contributed by atoms with E-state index in [0.717, 1.165) is 0 Å². The van der Waals surface area contributed by atoms with Crippen molar-refractivity contribution in [1.82, 2.24) is 0 Å². The number of anilines is 1. The predicted molar refractivity (Wildman–Crippen MR) is 69.5 cm³/mol. The Hall–Kier alpha value is -1.37. The van der Waals surface area contributed by atoms with Gasteiger partial charge in [-0.25, -0.2) is 4.79 Å². The molecule has 0 heterocycles. The molecule has 0 bridgehead atoms. The first-order valence-electron chi connectivity index (χ1n) is 4.77. The predicted octanol–water partition coefficient (Wildman–Crippen LogP) is 3.95. The van der Waals surface area contributed by atoms with Crippen LogP contribution in [0.3, 0.4) is 0 Å². The topological polar surface area (TPSA) is 38.3 Å². The third-order valence-corrected chi connectivity index (χ3v) is 2.41. The number of benzene rings is 1. The molecular formula is C12H11Cl2NO2. The number of amides is 1. The number of carbonyl (C=O) groups excluding carboxylic acids is 1. The van der Waals surface area contributed by atoms with Gasteiger partial charge in [0.2, 0.25) is 0 Å². The van der Waals surface area contributed by atoms with Crippen LogP contribution in [0.1, 0.15) is 13.8 Å². The van der Waals surface area contributed by atoms with Crippen LogP contribution in [-0.4, -0.2) is 11.7 Å². The van der Waals surface area contributed by atoms with Crippen LogP contribution in [0.5, 0.6) is 0 Å². The number of hydrogen-bond donors (Lipinski definition) is 1. The maximum Gasteiger partial charge on any atom is 0.413 e. The normalized spacial score (nSPS) is 10.5. The van der Waals surface area contributed by atoms with E-state index < -0.39 is 11.7 Å². The van der Waals surface area contributed by atoms with E-state index in [-0.39, 0.29) is 0 Å². The molecule has 0 aliphatic rings. The fourth-order valence-corrected chi connectivity index (χ4v) is 1.44. The average molecular weight is 272 g/mol. The van der Waals surface area contributed by atoms with E-state index in [0.29, 0.717) is 15.7 Å². The fraction of sp³-hybridized carbons (Fsp3) is 0.250. The van der Waals surface area contributed by atoms with Gasteiger partial charge in [0.15, 0.2) is 5.60 Å². The third kappa shape index (κ3) is 4.18. The minimum atomic E-state index is -0.969. The Morgan fingerprint density at radius 1 is 1.47 bits per heavy atom. The lowest BCUT2D eigenvalue weighted by molar-refractivity contribution is 0.0906. The van der Waals surface area contributed by atoms with Gasteiger partial charge in [-0.1, -0.05) is 29.1 Å². The molecule has 1 aromatic carbocycles. The lowest BCUT2D eigenvalue weighted by atomic mass is 10.1. The highest BCUT2D eigenvalue weighted by molar-refractivity contribution is 6.36. The van der Waals surface area contributed by atoms with Crippen LogP contribution in [-0.2, 0) is 4.74 Å². The molecule has 0 aliphatic carbocycles. The lowest BCUT2D eigenvalue weighted by Gasteiger charge is -2.19. The zero-order valence-corrected chi connectivity index (χ0v) is 10.9. The van der Waals surface area contributed by atoms with E-state index >= 15 is 0 Å². The minimum absolute atomic E-state index is 0.327. The van der Waals surface area contributed by atoms with Crippen molar-refractivity contribution in [1.29, 1.82) is 0 Å². The SMILES string of the molecule is C#CC(C)(C)OC(=O)Nc1ccc(Cl)cc1Cl. The number of ether oxygens (including phenoxy) is 1. The second-order valence-electron chi connectivity index (χ2n) is 3.79. The third-order valence-electron chi connectivity index (χ3n) is 1.86. The summed E-state index contributed by atoms with van der Waals surface area (Å²) in [5, 5.41) is 3.29. The summed E-state index contributed by atoms with van der Waals surface area (Å²) in [7, 11) is 0. The van der Waals surface area contributed by atoms with Crippen LogP contribution in [0, 0.1) is 12.3 Å². The molecule has 1 N–H and O–H groups in total. The first-order valence-corrected chi connectivity index (χ1v) is 5.52. The molecular weight excluding hydrogens is 261 g/mol. The van der Waals surface area contributed by atoms with Gasteiger partial charge in [0.25, 0.3) is 0 Å². The highest BCUT2D eigenvalue weighted by atomic mass is 35.5. The van der Waals surface area contributed by atoms with Crippen molar-refractivity contribution in [2.45, 2.75) is 19.4 Å². The monoisotopic (exact) mass is 271 g/mol. The minimum Gasteiger partial charge on any atom is -0.430 e. The van der Waals surface area contributed by atoms with Crippen LogP contribution in [0.25, 0.3) is 0 Å². The van der Waals surface area contributed by atoms with Crippen molar-refractivity contribution in [3.8, 4) is 12.3 Å². The van der Waals surface area contributed by atoms with Crippen LogP contribution in [0.2, 0.25) is 10.0 Å². The number of hydrogen-bond acceptors (Lipinski definition) is 2. The lowest BCUT2D eigenvalue weighted by Crippen LogP contribution is -2.28. The smallest absolute Gasteiger partial charge is 0.413 e. The first kappa shape index (κ1) is 13.7. The Morgan fingerprint density at radius 2 is 2.12 bits per heavy atom. The average Bonchev–Trinajstić information content (AvgIpc) is 2.21. The molecule has 90 valence electrons. The molecule has 0 spiro atoms. The molecule has 1 aromatic rings. The Kier molecular flexibility index (Phi) is 4.28. The highest BCUT2D eigenvalue weighted by Gasteiger charge is 2.19. The van der Waals surface area contributed by atoms with E-state index in [2.05, 4.69) is 11.2 Å². The Morgan fingerprint density at radius 3 is 2.65 bits per heavy atom. The number of rotatable bonds is 2. The Balaban J connectivity index is 2.73. The van der Waals surface area contributed by atoms with E-state index in [1.54, 1.807) is 26.0 Å². The van der Waals surface area contributed by atoms with Crippen LogP contribution < -0.4 is 5.32 Å². The van der Waals surface area contributed by atoms with Gasteiger partial charge in [-0.15, -0.1) is 6.42 Å². The molecule has 0 fully saturated rings. The largest absolute Gasteiger partial charge is 0.430 e. The summed E-state index contributed by atoms with van der Waals surface area (Å²) in [6, 6.07) is 4.70. The van der Waals surface area contributed by atoms with Gasteiger partial charge in [-0.3, -0.25) is 5.32 Å². The van der Waals surface area contributed by atoms with Gasteiger partial charge in [0.1, 0.15) is 0 Å². The first-order chi connectivity index (χ1) is 7.84. The molecule has 17 heavy (non-hydrogen) atoms. The molecule has 0 radical (unpaired) electrons. The summed E-state index contributed by atoms with van der Waals surface area (Å²) < 4.78 is 5.00. The van der Waals surface area contributed by atoms with Crippen molar-refractivity contribution in [3.05, 3.63) is 28.2 Å². The summed E-state index contributed by atoms with van der Waals surface area (Å²) in [5.74, 6) is 2.34. The van der Waals surface area contributed by atoms with E-state index in [1.807, 2.05) is 0 Å². The van der Waals surface area contributed by atoms with Gasteiger partial charge >= 0.3 is 6.09 Å². The summed E-state index contributed by atoms with van der Waals surface area (Å²) >= 11 is 11.6.